The molecule has 0 spiro atoms. The van der Waals surface area contributed by atoms with E-state index in [1.165, 1.54) is 0 Å². The van der Waals surface area contributed by atoms with Crippen molar-refractivity contribution in [2.75, 3.05) is 13.1 Å². The zero-order chi connectivity index (χ0) is 18.4. The lowest BCUT2D eigenvalue weighted by molar-refractivity contribution is -0.135. The number of nitrogens with one attached hydrogen (secondary N) is 1. The van der Waals surface area contributed by atoms with Gasteiger partial charge in [0.25, 0.3) is 0 Å². The molecule has 0 aromatic heterocycles. The minimum Gasteiger partial charge on any atom is -0.349 e. The Morgan fingerprint density at radius 1 is 1.00 bits per heavy atom. The summed E-state index contributed by atoms with van der Waals surface area (Å²) in [5.74, 6) is 0.228. The summed E-state index contributed by atoms with van der Waals surface area (Å²) in [5.41, 5.74) is 2.14. The maximum absolute atomic E-state index is 12.5. The fraction of sp³-hybridized carbons (Fsp3) is 0.364. The highest BCUT2D eigenvalue weighted by Crippen LogP contribution is 2.20. The number of hydrogen-bond acceptors (Lipinski definition) is 2. The summed E-state index contributed by atoms with van der Waals surface area (Å²) in [6.07, 6.45) is 1.89. The molecule has 1 heterocycles. The van der Waals surface area contributed by atoms with Gasteiger partial charge in [0.05, 0.1) is 12.5 Å². The Labute approximate surface area is 155 Å². The molecule has 2 amide bonds. The molecule has 1 atom stereocenters. The van der Waals surface area contributed by atoms with Crippen LogP contribution in [-0.4, -0.2) is 29.8 Å². The highest BCUT2D eigenvalue weighted by molar-refractivity contribution is 5.81. The molecule has 1 fully saturated rings. The van der Waals surface area contributed by atoms with Gasteiger partial charge in [-0.3, -0.25) is 9.59 Å². The molecule has 0 radical (unpaired) electrons. The van der Waals surface area contributed by atoms with Gasteiger partial charge in [0.2, 0.25) is 11.8 Å². The number of likely N-dealkylation sites (tertiary alicyclic amines) is 1. The fourth-order valence-corrected chi connectivity index (χ4v) is 3.43. The quantitative estimate of drug-likeness (QED) is 0.899. The second-order valence-corrected chi connectivity index (χ2v) is 6.96. The summed E-state index contributed by atoms with van der Waals surface area (Å²) in [6.45, 7) is 3.32. The van der Waals surface area contributed by atoms with Gasteiger partial charge in [-0.1, -0.05) is 60.7 Å². The van der Waals surface area contributed by atoms with Crippen LogP contribution in [0.1, 0.15) is 36.9 Å². The van der Waals surface area contributed by atoms with Crippen molar-refractivity contribution in [3.63, 3.8) is 0 Å². The summed E-state index contributed by atoms with van der Waals surface area (Å²) < 4.78 is 0. The largest absolute Gasteiger partial charge is 0.349 e. The molecular weight excluding hydrogens is 324 g/mol. The molecule has 1 N–H and O–H groups in total. The molecule has 4 heteroatoms. The molecule has 2 aromatic carbocycles. The molecule has 0 saturated carbocycles. The van der Waals surface area contributed by atoms with Gasteiger partial charge in [0.15, 0.2) is 0 Å². The number of benzene rings is 2. The molecule has 26 heavy (non-hydrogen) atoms. The molecule has 2 aromatic rings. The van der Waals surface area contributed by atoms with E-state index < -0.39 is 0 Å². The lowest BCUT2D eigenvalue weighted by atomic mass is 9.94. The number of rotatable bonds is 5. The lowest BCUT2D eigenvalue weighted by Gasteiger charge is -2.32. The number of carbonyl (C=O) groups excluding carboxylic acids is 2. The monoisotopic (exact) mass is 350 g/mol. The topological polar surface area (TPSA) is 49.4 Å². The van der Waals surface area contributed by atoms with Crippen LogP contribution >= 0.6 is 0 Å². The molecular formula is C22H26N2O2. The van der Waals surface area contributed by atoms with Gasteiger partial charge in [-0.05, 0) is 30.9 Å². The normalized spacial score (nSPS) is 16.1. The minimum absolute atomic E-state index is 0.00134. The standard InChI is InChI=1S/C22H26N2O2/c1-17(19-10-6-3-7-11-19)23-22(26)20-12-14-24(15-13-20)21(25)16-18-8-4-2-5-9-18/h2-11,17,20H,12-16H2,1H3,(H,23,26)/t17-/m0/s1. The van der Waals surface area contributed by atoms with Gasteiger partial charge in [0, 0.05) is 19.0 Å². The van der Waals surface area contributed by atoms with E-state index in [-0.39, 0.29) is 23.8 Å². The third kappa shape index (κ3) is 4.72. The molecule has 3 rings (SSSR count). The number of nitrogens with zero attached hydrogens (tertiary/aromatic N) is 1. The first-order valence-corrected chi connectivity index (χ1v) is 9.30. The van der Waals surface area contributed by atoms with Gasteiger partial charge in [-0.25, -0.2) is 0 Å². The van der Waals surface area contributed by atoms with E-state index in [9.17, 15) is 9.59 Å². The summed E-state index contributed by atoms with van der Waals surface area (Å²) in [6, 6.07) is 19.8. The van der Waals surface area contributed by atoms with Gasteiger partial charge >= 0.3 is 0 Å². The Bertz CT molecular complexity index is 722. The van der Waals surface area contributed by atoms with E-state index in [4.69, 9.17) is 0 Å². The number of amides is 2. The molecule has 1 aliphatic rings. The maximum atomic E-state index is 12.5. The van der Waals surface area contributed by atoms with Crippen LogP contribution in [0.5, 0.6) is 0 Å². The Morgan fingerprint density at radius 2 is 1.58 bits per heavy atom. The highest BCUT2D eigenvalue weighted by atomic mass is 16.2. The third-order valence-electron chi connectivity index (χ3n) is 5.07. The average molecular weight is 350 g/mol. The second-order valence-electron chi connectivity index (χ2n) is 6.96. The Hall–Kier alpha value is -2.62. The molecule has 0 unspecified atom stereocenters. The molecule has 0 aliphatic carbocycles. The van der Waals surface area contributed by atoms with Crippen LogP contribution in [0.3, 0.4) is 0 Å². The number of carbonyl (C=O) groups is 2. The SMILES string of the molecule is C[C@H](NC(=O)C1CCN(C(=O)Cc2ccccc2)CC1)c1ccccc1. The van der Waals surface area contributed by atoms with Crippen LogP contribution < -0.4 is 5.32 Å². The summed E-state index contributed by atoms with van der Waals surface area (Å²) in [4.78, 5) is 26.9. The van der Waals surface area contributed by atoms with E-state index in [0.29, 0.717) is 19.5 Å². The van der Waals surface area contributed by atoms with Crippen LogP contribution in [0, 0.1) is 5.92 Å². The first-order chi connectivity index (χ1) is 12.6. The van der Waals surface area contributed by atoms with Crippen LogP contribution in [0.2, 0.25) is 0 Å². The summed E-state index contributed by atoms with van der Waals surface area (Å²) in [7, 11) is 0. The molecule has 1 saturated heterocycles. The lowest BCUT2D eigenvalue weighted by Crippen LogP contribution is -2.43. The van der Waals surface area contributed by atoms with Crippen LogP contribution in [0.4, 0.5) is 0 Å². The second kappa shape index (κ2) is 8.65. The van der Waals surface area contributed by atoms with Crippen molar-refractivity contribution in [2.24, 2.45) is 5.92 Å². The van der Waals surface area contributed by atoms with Crippen molar-refractivity contribution in [3.05, 3.63) is 71.8 Å². The van der Waals surface area contributed by atoms with E-state index in [2.05, 4.69) is 5.32 Å². The van der Waals surface area contributed by atoms with Crippen LogP contribution in [0.15, 0.2) is 60.7 Å². The van der Waals surface area contributed by atoms with E-state index in [1.807, 2.05) is 72.5 Å². The Kier molecular flexibility index (Phi) is 6.05. The van der Waals surface area contributed by atoms with Crippen LogP contribution in [0.25, 0.3) is 0 Å². The summed E-state index contributed by atoms with van der Waals surface area (Å²) >= 11 is 0. The van der Waals surface area contributed by atoms with Crippen molar-refractivity contribution in [2.45, 2.75) is 32.2 Å². The van der Waals surface area contributed by atoms with Crippen molar-refractivity contribution >= 4 is 11.8 Å². The number of piperidine rings is 1. The first kappa shape index (κ1) is 18.2. The third-order valence-corrected chi connectivity index (χ3v) is 5.07. The maximum Gasteiger partial charge on any atom is 0.226 e. The predicted molar refractivity (Wildman–Crippen MR) is 102 cm³/mol. The smallest absolute Gasteiger partial charge is 0.226 e. The zero-order valence-corrected chi connectivity index (χ0v) is 15.2. The zero-order valence-electron chi connectivity index (χ0n) is 15.2. The van der Waals surface area contributed by atoms with E-state index >= 15 is 0 Å². The minimum atomic E-state index is -0.0121. The fourth-order valence-electron chi connectivity index (χ4n) is 3.43. The van der Waals surface area contributed by atoms with Crippen molar-refractivity contribution in [1.82, 2.24) is 10.2 Å². The van der Waals surface area contributed by atoms with Crippen molar-refractivity contribution < 1.29 is 9.59 Å². The summed E-state index contributed by atoms with van der Waals surface area (Å²) in [5, 5.41) is 3.11. The molecule has 136 valence electrons. The molecule has 0 bridgehead atoms. The number of hydrogen-bond donors (Lipinski definition) is 1. The molecule has 4 nitrogen and oxygen atoms in total. The average Bonchev–Trinajstić information content (AvgIpc) is 2.69. The Balaban J connectivity index is 1.47. The first-order valence-electron chi connectivity index (χ1n) is 9.30. The van der Waals surface area contributed by atoms with Crippen molar-refractivity contribution in [3.8, 4) is 0 Å². The van der Waals surface area contributed by atoms with Crippen LogP contribution in [-0.2, 0) is 16.0 Å². The van der Waals surface area contributed by atoms with Gasteiger partial charge in [0.1, 0.15) is 0 Å². The van der Waals surface area contributed by atoms with E-state index in [1.54, 1.807) is 0 Å². The predicted octanol–water partition coefficient (Wildman–Crippen LogP) is 3.35. The van der Waals surface area contributed by atoms with Gasteiger partial charge < -0.3 is 10.2 Å². The van der Waals surface area contributed by atoms with Crippen molar-refractivity contribution in [1.29, 1.82) is 0 Å². The van der Waals surface area contributed by atoms with E-state index in [0.717, 1.165) is 24.0 Å². The van der Waals surface area contributed by atoms with Gasteiger partial charge in [-0.2, -0.15) is 0 Å². The van der Waals surface area contributed by atoms with Gasteiger partial charge in [-0.15, -0.1) is 0 Å². The Morgan fingerprint density at radius 3 is 2.19 bits per heavy atom. The highest BCUT2D eigenvalue weighted by Gasteiger charge is 2.28. The molecule has 1 aliphatic heterocycles.